The van der Waals surface area contributed by atoms with Crippen LogP contribution in [0.3, 0.4) is 0 Å². The van der Waals surface area contributed by atoms with Crippen molar-refractivity contribution in [1.82, 2.24) is 15.0 Å². The molecular formula is C19H22FN3O4. The van der Waals surface area contributed by atoms with E-state index in [-0.39, 0.29) is 31.7 Å². The summed E-state index contributed by atoms with van der Waals surface area (Å²) in [7, 11) is 0. The largest absolute Gasteiger partial charge is 0.479 e. The van der Waals surface area contributed by atoms with Gasteiger partial charge >= 0.3 is 5.97 Å². The first-order valence-corrected chi connectivity index (χ1v) is 8.91. The lowest BCUT2D eigenvalue weighted by Gasteiger charge is -2.17. The normalized spacial score (nSPS) is 19.6. The second-order valence-electron chi connectivity index (χ2n) is 7.12. The van der Waals surface area contributed by atoms with E-state index in [1.807, 2.05) is 24.3 Å². The van der Waals surface area contributed by atoms with Crippen molar-refractivity contribution in [2.45, 2.75) is 44.7 Å². The molecule has 7 nitrogen and oxygen atoms in total. The van der Waals surface area contributed by atoms with Crippen LogP contribution in [0.1, 0.15) is 44.1 Å². The van der Waals surface area contributed by atoms with Crippen LogP contribution >= 0.6 is 0 Å². The van der Waals surface area contributed by atoms with Crippen molar-refractivity contribution in [3.8, 4) is 11.4 Å². The Morgan fingerprint density at radius 1 is 1.33 bits per heavy atom. The summed E-state index contributed by atoms with van der Waals surface area (Å²) in [6.45, 7) is 3.90. The van der Waals surface area contributed by atoms with Crippen molar-refractivity contribution >= 4 is 11.9 Å². The van der Waals surface area contributed by atoms with Crippen molar-refractivity contribution in [2.75, 3.05) is 13.1 Å². The molecule has 2 aromatic rings. The fourth-order valence-corrected chi connectivity index (χ4v) is 3.02. The van der Waals surface area contributed by atoms with Crippen LogP contribution in [0.4, 0.5) is 4.39 Å². The molecule has 1 unspecified atom stereocenters. The number of likely N-dealkylation sites (tertiary alicyclic amines) is 1. The minimum absolute atomic E-state index is 0.0591. The van der Waals surface area contributed by atoms with E-state index in [1.165, 1.54) is 10.5 Å². The van der Waals surface area contributed by atoms with E-state index >= 15 is 0 Å². The molecule has 1 aliphatic heterocycles. The van der Waals surface area contributed by atoms with Crippen LogP contribution in [-0.4, -0.2) is 50.8 Å². The van der Waals surface area contributed by atoms with Gasteiger partial charge < -0.3 is 14.5 Å². The van der Waals surface area contributed by atoms with E-state index in [0.717, 1.165) is 5.56 Å². The highest BCUT2D eigenvalue weighted by molar-refractivity contribution is 5.82. The number of aliphatic carboxylic acids is 1. The number of nitrogens with zero attached hydrogens (tertiary/aromatic N) is 3. The summed E-state index contributed by atoms with van der Waals surface area (Å²) >= 11 is 0. The Kier molecular flexibility index (Phi) is 5.25. The Hall–Kier alpha value is -2.77. The van der Waals surface area contributed by atoms with Crippen LogP contribution < -0.4 is 0 Å². The van der Waals surface area contributed by atoms with Crippen LogP contribution in [0.2, 0.25) is 0 Å². The smallest absolute Gasteiger partial charge is 0.343 e. The SMILES string of the molecule is CC(C)c1ccc(-c2noc(CCC(=O)N3CCC(F)(C(=O)O)C3)n2)cc1. The number of carboxylic acid groups (broad SMARTS) is 1. The molecule has 0 bridgehead atoms. The molecule has 1 fully saturated rings. The lowest BCUT2D eigenvalue weighted by molar-refractivity contribution is -0.150. The topological polar surface area (TPSA) is 96.5 Å². The fraction of sp³-hybridized carbons (Fsp3) is 0.474. The third-order valence-electron chi connectivity index (χ3n) is 4.81. The Balaban J connectivity index is 1.57. The van der Waals surface area contributed by atoms with E-state index in [4.69, 9.17) is 9.63 Å². The molecule has 1 aromatic heterocycles. The number of aryl methyl sites for hydroxylation is 1. The molecule has 1 aromatic carbocycles. The van der Waals surface area contributed by atoms with Gasteiger partial charge in [-0.3, -0.25) is 4.79 Å². The zero-order valence-corrected chi connectivity index (χ0v) is 15.3. The summed E-state index contributed by atoms with van der Waals surface area (Å²) in [6.07, 6.45) is 0.0908. The number of amides is 1. The molecule has 0 spiro atoms. The predicted molar refractivity (Wildman–Crippen MR) is 94.8 cm³/mol. The quantitative estimate of drug-likeness (QED) is 0.834. The highest BCUT2D eigenvalue weighted by Gasteiger charge is 2.46. The average molecular weight is 375 g/mol. The lowest BCUT2D eigenvalue weighted by Crippen LogP contribution is -2.38. The molecule has 8 heteroatoms. The number of benzene rings is 1. The van der Waals surface area contributed by atoms with Crippen molar-refractivity contribution in [1.29, 1.82) is 0 Å². The molecule has 0 radical (unpaired) electrons. The molecule has 1 aliphatic rings. The third-order valence-corrected chi connectivity index (χ3v) is 4.81. The van der Waals surface area contributed by atoms with Crippen molar-refractivity contribution < 1.29 is 23.6 Å². The van der Waals surface area contributed by atoms with Crippen LogP contribution in [0.25, 0.3) is 11.4 Å². The Morgan fingerprint density at radius 2 is 2.04 bits per heavy atom. The Bertz CT molecular complexity index is 834. The fourth-order valence-electron chi connectivity index (χ4n) is 3.02. The first-order valence-electron chi connectivity index (χ1n) is 8.91. The number of hydrogen-bond donors (Lipinski definition) is 1. The van der Waals surface area contributed by atoms with Gasteiger partial charge in [0.25, 0.3) is 0 Å². The van der Waals surface area contributed by atoms with E-state index in [0.29, 0.717) is 17.6 Å². The summed E-state index contributed by atoms with van der Waals surface area (Å²) in [5.74, 6) is -0.655. The summed E-state index contributed by atoms with van der Waals surface area (Å²) < 4.78 is 19.2. The van der Waals surface area contributed by atoms with Gasteiger partial charge in [-0.05, 0) is 11.5 Å². The van der Waals surface area contributed by atoms with Gasteiger partial charge in [-0.15, -0.1) is 0 Å². The first-order chi connectivity index (χ1) is 12.8. The highest BCUT2D eigenvalue weighted by atomic mass is 19.1. The standard InChI is InChI=1S/C19H22FN3O4/c1-12(2)13-3-5-14(6-4-13)17-21-15(27-22-17)7-8-16(24)23-10-9-19(20,11-23)18(25)26/h3-6,12H,7-11H2,1-2H3,(H,25,26). The zero-order chi connectivity index (χ0) is 19.6. The van der Waals surface area contributed by atoms with Gasteiger partial charge in [0, 0.05) is 31.4 Å². The second kappa shape index (κ2) is 7.46. The van der Waals surface area contributed by atoms with E-state index in [1.54, 1.807) is 0 Å². The number of rotatable bonds is 6. The molecule has 3 rings (SSSR count). The Morgan fingerprint density at radius 3 is 2.63 bits per heavy atom. The van der Waals surface area contributed by atoms with Gasteiger partial charge in [-0.25, -0.2) is 9.18 Å². The lowest BCUT2D eigenvalue weighted by atomic mass is 10.0. The maximum absolute atomic E-state index is 14.0. The summed E-state index contributed by atoms with van der Waals surface area (Å²) in [4.78, 5) is 28.6. The number of carboxylic acids is 1. The van der Waals surface area contributed by atoms with Crippen molar-refractivity contribution in [3.63, 3.8) is 0 Å². The van der Waals surface area contributed by atoms with Crippen LogP contribution in [-0.2, 0) is 16.0 Å². The van der Waals surface area contributed by atoms with Gasteiger partial charge in [0.05, 0.1) is 6.54 Å². The Labute approximate surface area is 156 Å². The van der Waals surface area contributed by atoms with Gasteiger partial charge in [-0.1, -0.05) is 43.3 Å². The van der Waals surface area contributed by atoms with Crippen LogP contribution in [0, 0.1) is 0 Å². The number of hydrogen-bond acceptors (Lipinski definition) is 5. The van der Waals surface area contributed by atoms with Gasteiger partial charge in [0.15, 0.2) is 0 Å². The van der Waals surface area contributed by atoms with Crippen LogP contribution in [0.5, 0.6) is 0 Å². The second-order valence-corrected chi connectivity index (χ2v) is 7.12. The molecule has 0 saturated carbocycles. The van der Waals surface area contributed by atoms with Crippen molar-refractivity contribution in [3.05, 3.63) is 35.7 Å². The number of alkyl halides is 1. The highest BCUT2D eigenvalue weighted by Crippen LogP contribution is 2.26. The van der Waals surface area contributed by atoms with Gasteiger partial charge in [0.2, 0.25) is 23.3 Å². The number of halogens is 1. The summed E-state index contributed by atoms with van der Waals surface area (Å²) in [5, 5.41) is 12.8. The maximum Gasteiger partial charge on any atom is 0.343 e. The molecule has 1 N–H and O–H groups in total. The zero-order valence-electron chi connectivity index (χ0n) is 15.3. The van der Waals surface area contributed by atoms with E-state index in [9.17, 15) is 14.0 Å². The molecule has 0 aliphatic carbocycles. The number of carbonyl (C=O) groups is 2. The molecule has 1 saturated heterocycles. The molecule has 27 heavy (non-hydrogen) atoms. The molecule has 1 atom stereocenters. The average Bonchev–Trinajstić information content (AvgIpc) is 3.27. The minimum Gasteiger partial charge on any atom is -0.479 e. The third kappa shape index (κ3) is 4.15. The van der Waals surface area contributed by atoms with Crippen molar-refractivity contribution in [2.24, 2.45) is 0 Å². The van der Waals surface area contributed by atoms with E-state index in [2.05, 4.69) is 24.0 Å². The predicted octanol–water partition coefficient (Wildman–Crippen LogP) is 2.82. The monoisotopic (exact) mass is 375 g/mol. The molecule has 1 amide bonds. The molecular weight excluding hydrogens is 353 g/mol. The van der Waals surface area contributed by atoms with Crippen LogP contribution in [0.15, 0.2) is 28.8 Å². The summed E-state index contributed by atoms with van der Waals surface area (Å²) in [6, 6.07) is 7.87. The minimum atomic E-state index is -2.35. The van der Waals surface area contributed by atoms with Gasteiger partial charge in [-0.2, -0.15) is 4.98 Å². The van der Waals surface area contributed by atoms with Gasteiger partial charge in [0.1, 0.15) is 0 Å². The number of carbonyl (C=O) groups excluding carboxylic acids is 1. The molecule has 2 heterocycles. The number of aromatic nitrogens is 2. The molecule has 144 valence electrons. The maximum atomic E-state index is 14.0. The van der Waals surface area contributed by atoms with E-state index < -0.39 is 18.2 Å². The summed E-state index contributed by atoms with van der Waals surface area (Å²) in [5.41, 5.74) is -0.317. The first kappa shape index (κ1) is 19.0.